The molecular formula is C20H18O5. The number of benzene rings is 2. The maximum Gasteiger partial charge on any atom is 0.168 e. The molecule has 3 aliphatic heterocycles. The molecule has 2 aromatic carbocycles. The van der Waals surface area contributed by atoms with E-state index in [1.165, 1.54) is 0 Å². The highest BCUT2D eigenvalue weighted by Gasteiger charge is 2.53. The molecule has 0 spiro atoms. The van der Waals surface area contributed by atoms with Crippen LogP contribution >= 0.6 is 0 Å². The Bertz CT molecular complexity index is 930. The fourth-order valence-electron chi connectivity index (χ4n) is 3.73. The molecule has 0 aromatic heterocycles. The van der Waals surface area contributed by atoms with Crippen molar-refractivity contribution in [2.75, 3.05) is 6.61 Å². The van der Waals surface area contributed by atoms with Crippen molar-refractivity contribution in [2.24, 2.45) is 0 Å². The summed E-state index contributed by atoms with van der Waals surface area (Å²) in [5, 5.41) is 21.0. The fourth-order valence-corrected chi connectivity index (χ4v) is 3.73. The predicted molar refractivity (Wildman–Crippen MR) is 91.1 cm³/mol. The number of rotatable bonds is 0. The molecule has 5 rings (SSSR count). The summed E-state index contributed by atoms with van der Waals surface area (Å²) in [4.78, 5) is 0. The summed E-state index contributed by atoms with van der Waals surface area (Å²) >= 11 is 0. The zero-order chi connectivity index (χ0) is 17.4. The molecule has 5 nitrogen and oxygen atoms in total. The van der Waals surface area contributed by atoms with Crippen LogP contribution in [0.4, 0.5) is 0 Å². The van der Waals surface area contributed by atoms with Crippen LogP contribution in [-0.4, -0.2) is 22.4 Å². The van der Waals surface area contributed by atoms with E-state index in [2.05, 4.69) is 0 Å². The molecule has 0 radical (unpaired) electrons. The van der Waals surface area contributed by atoms with E-state index in [4.69, 9.17) is 14.2 Å². The Labute approximate surface area is 145 Å². The third-order valence-corrected chi connectivity index (χ3v) is 5.02. The summed E-state index contributed by atoms with van der Waals surface area (Å²) in [6.07, 6.45) is 3.42. The third kappa shape index (κ3) is 1.99. The van der Waals surface area contributed by atoms with Gasteiger partial charge in [-0.1, -0.05) is 6.08 Å². The van der Waals surface area contributed by atoms with Crippen molar-refractivity contribution in [3.05, 3.63) is 53.1 Å². The molecule has 2 aromatic rings. The van der Waals surface area contributed by atoms with E-state index in [9.17, 15) is 10.2 Å². The average molecular weight is 338 g/mol. The van der Waals surface area contributed by atoms with Crippen LogP contribution in [0, 0.1) is 0 Å². The first-order valence-corrected chi connectivity index (χ1v) is 8.27. The van der Waals surface area contributed by atoms with Gasteiger partial charge in [0.15, 0.2) is 11.7 Å². The standard InChI is InChI=1S/C20H18O5/c1-19(2)6-5-11-7-14-17(9-15(11)25-19)24-18-13-4-3-12(21)8-16(13)23-10-20(14,18)22/h3-9,18,21-22H,10H2,1-2H3/t18-,20+/m1/s1. The Balaban J connectivity index is 1.63. The second-order valence-electron chi connectivity index (χ2n) is 7.36. The highest BCUT2D eigenvalue weighted by Crippen LogP contribution is 2.55. The molecule has 3 aliphatic rings. The molecule has 0 saturated carbocycles. The highest BCUT2D eigenvalue weighted by molar-refractivity contribution is 5.66. The number of fused-ring (bicyclic) bond motifs is 6. The van der Waals surface area contributed by atoms with Crippen LogP contribution in [0.5, 0.6) is 23.0 Å². The van der Waals surface area contributed by atoms with E-state index in [0.717, 1.165) is 16.9 Å². The van der Waals surface area contributed by atoms with Crippen molar-refractivity contribution in [3.8, 4) is 23.0 Å². The van der Waals surface area contributed by atoms with Crippen molar-refractivity contribution in [1.29, 1.82) is 0 Å². The lowest BCUT2D eigenvalue weighted by Crippen LogP contribution is -2.41. The van der Waals surface area contributed by atoms with Gasteiger partial charge in [0.25, 0.3) is 0 Å². The summed E-state index contributed by atoms with van der Waals surface area (Å²) in [6, 6.07) is 8.59. The number of aromatic hydroxyl groups is 1. The summed E-state index contributed by atoms with van der Waals surface area (Å²) in [6.45, 7) is 4.05. The molecule has 0 aliphatic carbocycles. The maximum absolute atomic E-state index is 11.3. The van der Waals surface area contributed by atoms with Crippen molar-refractivity contribution >= 4 is 6.08 Å². The second-order valence-corrected chi connectivity index (χ2v) is 7.36. The summed E-state index contributed by atoms with van der Waals surface area (Å²) in [5.41, 5.74) is 0.680. The quantitative estimate of drug-likeness (QED) is 0.771. The van der Waals surface area contributed by atoms with Crippen LogP contribution in [0.1, 0.15) is 36.6 Å². The van der Waals surface area contributed by atoms with Gasteiger partial charge in [-0.3, -0.25) is 0 Å². The number of phenolic OH excluding ortho intramolecular Hbond substituents is 1. The van der Waals surface area contributed by atoms with Gasteiger partial charge < -0.3 is 24.4 Å². The minimum Gasteiger partial charge on any atom is -0.508 e. The first kappa shape index (κ1) is 14.7. The fraction of sp³-hybridized carbons (Fsp3) is 0.300. The molecule has 0 saturated heterocycles. The smallest absolute Gasteiger partial charge is 0.168 e. The van der Waals surface area contributed by atoms with E-state index in [0.29, 0.717) is 17.1 Å². The van der Waals surface area contributed by atoms with Gasteiger partial charge in [0.05, 0.1) is 0 Å². The molecule has 0 fully saturated rings. The van der Waals surface area contributed by atoms with Gasteiger partial charge in [-0.2, -0.15) is 0 Å². The van der Waals surface area contributed by atoms with Crippen LogP contribution in [0.3, 0.4) is 0 Å². The van der Waals surface area contributed by atoms with Crippen LogP contribution in [0.25, 0.3) is 6.08 Å². The molecule has 0 bridgehead atoms. The van der Waals surface area contributed by atoms with Crippen LogP contribution < -0.4 is 14.2 Å². The van der Waals surface area contributed by atoms with Gasteiger partial charge in [-0.05, 0) is 38.1 Å². The number of ether oxygens (including phenoxy) is 3. The third-order valence-electron chi connectivity index (χ3n) is 5.02. The average Bonchev–Trinajstić information content (AvgIpc) is 2.84. The number of aliphatic hydroxyl groups is 1. The zero-order valence-electron chi connectivity index (χ0n) is 13.9. The van der Waals surface area contributed by atoms with Crippen molar-refractivity contribution < 1.29 is 24.4 Å². The Morgan fingerprint density at radius 1 is 1.08 bits per heavy atom. The van der Waals surface area contributed by atoms with E-state index in [1.54, 1.807) is 18.2 Å². The number of phenols is 1. The first-order valence-electron chi connectivity index (χ1n) is 8.27. The Morgan fingerprint density at radius 3 is 2.76 bits per heavy atom. The lowest BCUT2D eigenvalue weighted by atomic mass is 9.84. The van der Waals surface area contributed by atoms with Gasteiger partial charge in [-0.15, -0.1) is 0 Å². The topological polar surface area (TPSA) is 68.2 Å². The summed E-state index contributed by atoms with van der Waals surface area (Å²) < 4.78 is 17.8. The molecule has 0 unspecified atom stereocenters. The molecule has 3 heterocycles. The zero-order valence-corrected chi connectivity index (χ0v) is 13.9. The molecule has 128 valence electrons. The van der Waals surface area contributed by atoms with E-state index in [1.807, 2.05) is 38.1 Å². The Hall–Kier alpha value is -2.66. The van der Waals surface area contributed by atoms with Crippen molar-refractivity contribution in [2.45, 2.75) is 31.2 Å². The van der Waals surface area contributed by atoms with Crippen LogP contribution in [0.2, 0.25) is 0 Å². The van der Waals surface area contributed by atoms with E-state index < -0.39 is 11.7 Å². The minimum absolute atomic E-state index is 0.0654. The number of hydrogen-bond donors (Lipinski definition) is 2. The van der Waals surface area contributed by atoms with Crippen molar-refractivity contribution in [3.63, 3.8) is 0 Å². The largest absolute Gasteiger partial charge is 0.508 e. The lowest BCUT2D eigenvalue weighted by molar-refractivity contribution is -0.0864. The SMILES string of the molecule is CC1(C)C=Cc2cc3c(cc2O1)O[C@@H]1c2ccc(O)cc2OC[C@]31O. The Kier molecular flexibility index (Phi) is 2.63. The summed E-state index contributed by atoms with van der Waals surface area (Å²) in [5.74, 6) is 1.99. The molecule has 0 amide bonds. The van der Waals surface area contributed by atoms with Gasteiger partial charge in [-0.25, -0.2) is 0 Å². The molecule has 2 atom stereocenters. The minimum atomic E-state index is -1.27. The first-order chi connectivity index (χ1) is 11.9. The van der Waals surface area contributed by atoms with E-state index >= 15 is 0 Å². The van der Waals surface area contributed by atoms with E-state index in [-0.39, 0.29) is 18.0 Å². The normalized spacial score (nSPS) is 27.1. The van der Waals surface area contributed by atoms with Gasteiger partial charge in [0, 0.05) is 28.8 Å². The van der Waals surface area contributed by atoms with Crippen LogP contribution in [-0.2, 0) is 5.60 Å². The van der Waals surface area contributed by atoms with Crippen molar-refractivity contribution in [1.82, 2.24) is 0 Å². The van der Waals surface area contributed by atoms with Gasteiger partial charge in [0.2, 0.25) is 0 Å². The molecule has 5 heteroatoms. The second kappa shape index (κ2) is 4.49. The maximum atomic E-state index is 11.3. The van der Waals surface area contributed by atoms with Gasteiger partial charge in [0.1, 0.15) is 35.2 Å². The number of hydrogen-bond acceptors (Lipinski definition) is 5. The highest BCUT2D eigenvalue weighted by atomic mass is 16.5. The predicted octanol–water partition coefficient (Wildman–Crippen LogP) is 3.29. The molecular weight excluding hydrogens is 320 g/mol. The Morgan fingerprint density at radius 2 is 1.92 bits per heavy atom. The lowest BCUT2D eigenvalue weighted by Gasteiger charge is -2.35. The monoisotopic (exact) mass is 338 g/mol. The molecule has 25 heavy (non-hydrogen) atoms. The van der Waals surface area contributed by atoms with Gasteiger partial charge >= 0.3 is 0 Å². The van der Waals surface area contributed by atoms with Crippen LogP contribution in [0.15, 0.2) is 36.4 Å². The molecule has 2 N–H and O–H groups in total. The summed E-state index contributed by atoms with van der Waals surface area (Å²) in [7, 11) is 0.